The van der Waals surface area contributed by atoms with Crippen LogP contribution in [0.2, 0.25) is 0 Å². The van der Waals surface area contributed by atoms with Gasteiger partial charge >= 0.3 is 0 Å². The number of likely N-dealkylation sites (tertiary alicyclic amines) is 1. The second kappa shape index (κ2) is 13.7. The molecular weight excluding hydrogens is 417 g/mol. The number of carbonyl (C=O) groups excluding carboxylic acids is 1. The van der Waals surface area contributed by atoms with Crippen LogP contribution in [0.4, 0.5) is 0 Å². The number of hydrogen-bond donors (Lipinski definition) is 2. The van der Waals surface area contributed by atoms with Crippen LogP contribution < -0.4 is 10.6 Å². The van der Waals surface area contributed by atoms with E-state index in [9.17, 15) is 4.79 Å². The lowest BCUT2D eigenvalue weighted by Gasteiger charge is -2.35. The highest BCUT2D eigenvalue weighted by Gasteiger charge is 2.19. The molecule has 1 heterocycles. The summed E-state index contributed by atoms with van der Waals surface area (Å²) in [7, 11) is 3.51. The van der Waals surface area contributed by atoms with Crippen LogP contribution in [0.3, 0.4) is 0 Å². The van der Waals surface area contributed by atoms with E-state index in [1.165, 1.54) is 32.2 Å². The molecule has 1 fully saturated rings. The summed E-state index contributed by atoms with van der Waals surface area (Å²) in [5.74, 6) is 0.761. The fraction of sp³-hybridized carbons (Fsp3) is 0.882. The number of likely N-dealkylation sites (N-methyl/N-ethyl adjacent to an activating group) is 1. The normalized spacial score (nSPS) is 18.7. The van der Waals surface area contributed by atoms with Gasteiger partial charge in [0.15, 0.2) is 5.96 Å². The molecule has 0 radical (unpaired) electrons. The first kappa shape index (κ1) is 23.4. The lowest BCUT2D eigenvalue weighted by molar-refractivity contribution is -0.127. The fourth-order valence-electron chi connectivity index (χ4n) is 2.84. The number of halogens is 1. The van der Waals surface area contributed by atoms with Crippen molar-refractivity contribution in [3.05, 3.63) is 0 Å². The summed E-state index contributed by atoms with van der Waals surface area (Å²) < 4.78 is 0. The topological polar surface area (TPSA) is 60.0 Å². The second-order valence-corrected chi connectivity index (χ2v) is 6.40. The minimum absolute atomic E-state index is 0. The number of carbonyl (C=O) groups is 1. The van der Waals surface area contributed by atoms with Gasteiger partial charge in [0.05, 0.1) is 0 Å². The van der Waals surface area contributed by atoms with Gasteiger partial charge in [-0.1, -0.05) is 20.3 Å². The molecule has 1 saturated heterocycles. The molecule has 1 rings (SSSR count). The van der Waals surface area contributed by atoms with Gasteiger partial charge in [0, 0.05) is 39.8 Å². The summed E-state index contributed by atoms with van der Waals surface area (Å²) in [5, 5.41) is 6.64. The first-order valence-electron chi connectivity index (χ1n) is 9.04. The maximum absolute atomic E-state index is 11.7. The van der Waals surface area contributed by atoms with Crippen molar-refractivity contribution in [1.82, 2.24) is 20.4 Å². The molecule has 1 atom stereocenters. The van der Waals surface area contributed by atoms with Crippen molar-refractivity contribution < 1.29 is 4.79 Å². The molecular formula is C17H36IN5O. The van der Waals surface area contributed by atoms with Crippen molar-refractivity contribution in [1.29, 1.82) is 0 Å². The molecule has 0 aromatic heterocycles. The van der Waals surface area contributed by atoms with Crippen LogP contribution in [0, 0.1) is 0 Å². The zero-order chi connectivity index (χ0) is 17.1. The maximum atomic E-state index is 11.7. The number of rotatable bonds is 8. The number of amides is 1. The molecule has 0 aliphatic carbocycles. The third-order valence-electron chi connectivity index (χ3n) is 4.33. The van der Waals surface area contributed by atoms with Crippen LogP contribution >= 0.6 is 24.0 Å². The van der Waals surface area contributed by atoms with Gasteiger partial charge in [0.1, 0.15) is 6.54 Å². The van der Waals surface area contributed by atoms with Crippen LogP contribution in [0.25, 0.3) is 0 Å². The van der Waals surface area contributed by atoms with E-state index in [2.05, 4.69) is 34.4 Å². The van der Waals surface area contributed by atoms with Crippen LogP contribution in [0.1, 0.15) is 46.0 Å². The molecule has 0 aromatic carbocycles. The van der Waals surface area contributed by atoms with Gasteiger partial charge in [-0.15, -0.1) is 24.0 Å². The van der Waals surface area contributed by atoms with E-state index in [1.807, 2.05) is 0 Å². The van der Waals surface area contributed by atoms with Crippen LogP contribution in [0.15, 0.2) is 4.99 Å². The van der Waals surface area contributed by atoms with Crippen molar-refractivity contribution in [2.75, 3.05) is 46.8 Å². The highest BCUT2D eigenvalue weighted by atomic mass is 127. The maximum Gasteiger partial charge on any atom is 0.243 e. The van der Waals surface area contributed by atoms with Gasteiger partial charge in [0.25, 0.3) is 0 Å². The third-order valence-corrected chi connectivity index (χ3v) is 4.33. The Morgan fingerprint density at radius 3 is 2.54 bits per heavy atom. The molecule has 7 heteroatoms. The van der Waals surface area contributed by atoms with E-state index in [1.54, 1.807) is 19.0 Å². The summed E-state index contributed by atoms with van der Waals surface area (Å²) in [5.41, 5.74) is 0. The van der Waals surface area contributed by atoms with Crippen molar-refractivity contribution in [3.63, 3.8) is 0 Å². The van der Waals surface area contributed by atoms with E-state index in [0.717, 1.165) is 38.1 Å². The van der Waals surface area contributed by atoms with Crippen LogP contribution in [0.5, 0.6) is 0 Å². The van der Waals surface area contributed by atoms with E-state index < -0.39 is 0 Å². The summed E-state index contributed by atoms with van der Waals surface area (Å²) >= 11 is 0. The lowest BCUT2D eigenvalue weighted by Crippen LogP contribution is -2.46. The summed E-state index contributed by atoms with van der Waals surface area (Å²) in [6.45, 7) is 8.55. The molecule has 0 saturated carbocycles. The first-order chi connectivity index (χ1) is 11.1. The summed E-state index contributed by atoms with van der Waals surface area (Å²) in [6.07, 6.45) is 6.25. The van der Waals surface area contributed by atoms with Crippen LogP contribution in [-0.4, -0.2) is 74.5 Å². The molecule has 2 N–H and O–H groups in total. The predicted octanol–water partition coefficient (Wildman–Crippen LogP) is 1.90. The molecule has 24 heavy (non-hydrogen) atoms. The Morgan fingerprint density at radius 1 is 1.21 bits per heavy atom. The molecule has 1 amide bonds. The van der Waals surface area contributed by atoms with Gasteiger partial charge in [-0.25, -0.2) is 4.99 Å². The van der Waals surface area contributed by atoms with Crippen molar-refractivity contribution in [3.8, 4) is 0 Å². The van der Waals surface area contributed by atoms with Crippen molar-refractivity contribution >= 4 is 35.8 Å². The average Bonchev–Trinajstić information content (AvgIpc) is 2.56. The Hall–Kier alpha value is -0.570. The van der Waals surface area contributed by atoms with E-state index in [0.29, 0.717) is 0 Å². The summed E-state index contributed by atoms with van der Waals surface area (Å²) in [6, 6.07) is 0.727. The Labute approximate surface area is 164 Å². The third kappa shape index (κ3) is 9.05. The Bertz CT molecular complexity index is 376. The molecule has 6 nitrogen and oxygen atoms in total. The molecule has 1 aliphatic heterocycles. The Kier molecular flexibility index (Phi) is 13.4. The minimum Gasteiger partial charge on any atom is -0.356 e. The van der Waals surface area contributed by atoms with Gasteiger partial charge in [-0.2, -0.15) is 0 Å². The molecule has 0 aromatic rings. The molecule has 0 bridgehead atoms. The summed E-state index contributed by atoms with van der Waals surface area (Å²) in [4.78, 5) is 20.2. The number of aliphatic imine (C=N–C) groups is 1. The van der Waals surface area contributed by atoms with Gasteiger partial charge < -0.3 is 15.5 Å². The minimum atomic E-state index is 0. The lowest BCUT2D eigenvalue weighted by atomic mass is 10.0. The molecule has 0 spiro atoms. The predicted molar refractivity (Wildman–Crippen MR) is 112 cm³/mol. The van der Waals surface area contributed by atoms with Crippen molar-refractivity contribution in [2.45, 2.75) is 52.0 Å². The van der Waals surface area contributed by atoms with Crippen molar-refractivity contribution in [2.24, 2.45) is 4.99 Å². The number of nitrogens with one attached hydrogen (secondary N) is 2. The highest BCUT2D eigenvalue weighted by molar-refractivity contribution is 14.0. The quantitative estimate of drug-likeness (QED) is 0.335. The zero-order valence-electron chi connectivity index (χ0n) is 15.8. The fourth-order valence-corrected chi connectivity index (χ4v) is 2.84. The largest absolute Gasteiger partial charge is 0.356 e. The Morgan fingerprint density at radius 2 is 1.92 bits per heavy atom. The van der Waals surface area contributed by atoms with Crippen LogP contribution in [-0.2, 0) is 4.79 Å². The highest BCUT2D eigenvalue weighted by Crippen LogP contribution is 2.18. The molecule has 1 unspecified atom stereocenters. The van der Waals surface area contributed by atoms with Gasteiger partial charge in [0.2, 0.25) is 5.91 Å². The molecule has 1 aliphatic rings. The second-order valence-electron chi connectivity index (χ2n) is 6.40. The Balaban J connectivity index is 0.00000529. The van der Waals surface area contributed by atoms with Gasteiger partial charge in [-0.3, -0.25) is 9.69 Å². The zero-order valence-corrected chi connectivity index (χ0v) is 18.1. The number of guanidine groups is 1. The first-order valence-corrected chi connectivity index (χ1v) is 9.04. The SMILES string of the molecule is CCCNC(=NCC(=O)N(C)C)NCCN1CCCCC1CC.I. The van der Waals surface area contributed by atoms with E-state index >= 15 is 0 Å². The van der Waals surface area contributed by atoms with E-state index in [-0.39, 0.29) is 36.4 Å². The standard InChI is InChI=1S/C17H35N5O.HI/c1-5-10-18-17(20-14-16(23)21(3)4)19-11-13-22-12-8-7-9-15(22)6-2;/h15H,5-14H2,1-4H3,(H2,18,19,20);1H. The van der Waals surface area contributed by atoms with E-state index in [4.69, 9.17) is 0 Å². The monoisotopic (exact) mass is 453 g/mol. The number of hydrogen-bond acceptors (Lipinski definition) is 3. The average molecular weight is 453 g/mol. The van der Waals surface area contributed by atoms with Gasteiger partial charge in [-0.05, 0) is 32.2 Å². The molecule has 142 valence electrons. The number of piperidine rings is 1. The number of nitrogens with zero attached hydrogens (tertiary/aromatic N) is 3. The smallest absolute Gasteiger partial charge is 0.243 e.